The van der Waals surface area contributed by atoms with E-state index in [0.717, 1.165) is 29.3 Å². The van der Waals surface area contributed by atoms with Gasteiger partial charge in [0.1, 0.15) is 5.82 Å². The fraction of sp³-hybridized carbons (Fsp3) is 0.357. The number of thiophene rings is 1. The molecule has 0 aromatic carbocycles. The first-order valence-corrected chi connectivity index (χ1v) is 7.76. The molecule has 0 amide bonds. The molecule has 0 saturated heterocycles. The zero-order valence-electron chi connectivity index (χ0n) is 12.0. The number of rotatable bonds is 6. The molecule has 1 atom stereocenters. The van der Waals surface area contributed by atoms with Crippen LogP contribution in [0.15, 0.2) is 29.0 Å². The quantitative estimate of drug-likeness (QED) is 0.758. The minimum Gasteiger partial charge on any atom is -0.383 e. The van der Waals surface area contributed by atoms with Crippen molar-refractivity contribution < 1.29 is 4.74 Å². The van der Waals surface area contributed by atoms with Gasteiger partial charge in [-0.2, -0.15) is 15.9 Å². The van der Waals surface area contributed by atoms with E-state index < -0.39 is 0 Å². The van der Waals surface area contributed by atoms with Crippen molar-refractivity contribution in [1.82, 2.24) is 19.8 Å². The minimum atomic E-state index is 0.237. The largest absolute Gasteiger partial charge is 0.383 e. The molecule has 0 saturated carbocycles. The molecule has 3 heterocycles. The third-order valence-electron chi connectivity index (χ3n) is 3.25. The summed E-state index contributed by atoms with van der Waals surface area (Å²) in [6.07, 6.45) is 0.965. The zero-order chi connectivity index (χ0) is 14.7. The molecule has 21 heavy (non-hydrogen) atoms. The smallest absolute Gasteiger partial charge is 0.186 e. The number of fused-ring (bicyclic) bond motifs is 1. The normalized spacial score (nSPS) is 12.7. The van der Waals surface area contributed by atoms with Gasteiger partial charge >= 0.3 is 0 Å². The molecular weight excluding hydrogens is 286 g/mol. The Morgan fingerprint density at radius 2 is 2.24 bits per heavy atom. The highest BCUT2D eigenvalue weighted by Crippen LogP contribution is 2.21. The van der Waals surface area contributed by atoms with E-state index in [1.165, 1.54) is 0 Å². The lowest BCUT2D eigenvalue weighted by Gasteiger charge is -2.16. The van der Waals surface area contributed by atoms with Gasteiger partial charge in [-0.15, -0.1) is 15.3 Å². The molecule has 0 aliphatic carbocycles. The lowest BCUT2D eigenvalue weighted by molar-refractivity contribution is 0.184. The molecule has 0 spiro atoms. The van der Waals surface area contributed by atoms with Gasteiger partial charge in [-0.3, -0.25) is 0 Å². The number of anilines is 1. The van der Waals surface area contributed by atoms with Crippen LogP contribution < -0.4 is 5.32 Å². The fourth-order valence-corrected chi connectivity index (χ4v) is 2.74. The van der Waals surface area contributed by atoms with E-state index in [9.17, 15) is 0 Å². The molecule has 1 unspecified atom stereocenters. The summed E-state index contributed by atoms with van der Waals surface area (Å²) >= 11 is 1.63. The Morgan fingerprint density at radius 3 is 2.95 bits per heavy atom. The van der Waals surface area contributed by atoms with Crippen LogP contribution in [0.5, 0.6) is 0 Å². The van der Waals surface area contributed by atoms with Crippen molar-refractivity contribution in [3.8, 4) is 11.4 Å². The van der Waals surface area contributed by atoms with Crippen molar-refractivity contribution in [3.05, 3.63) is 29.0 Å². The van der Waals surface area contributed by atoms with Crippen LogP contribution in [-0.2, 0) is 4.74 Å². The summed E-state index contributed by atoms with van der Waals surface area (Å²) in [4.78, 5) is 0. The Hall–Kier alpha value is -1.99. The van der Waals surface area contributed by atoms with Crippen molar-refractivity contribution >= 4 is 22.8 Å². The van der Waals surface area contributed by atoms with Crippen LogP contribution in [0.1, 0.15) is 13.3 Å². The summed E-state index contributed by atoms with van der Waals surface area (Å²) in [5.41, 5.74) is 1.77. The second kappa shape index (κ2) is 6.19. The number of aromatic nitrogens is 4. The highest BCUT2D eigenvalue weighted by molar-refractivity contribution is 7.08. The Kier molecular flexibility index (Phi) is 4.12. The molecule has 0 aliphatic heterocycles. The van der Waals surface area contributed by atoms with Gasteiger partial charge < -0.3 is 10.1 Å². The van der Waals surface area contributed by atoms with Crippen molar-refractivity contribution in [2.24, 2.45) is 0 Å². The number of ether oxygens (including phenoxy) is 1. The van der Waals surface area contributed by atoms with E-state index in [4.69, 9.17) is 4.74 Å². The first-order valence-electron chi connectivity index (χ1n) is 6.82. The highest BCUT2D eigenvalue weighted by atomic mass is 32.1. The van der Waals surface area contributed by atoms with Crippen molar-refractivity contribution in [1.29, 1.82) is 0 Å². The van der Waals surface area contributed by atoms with E-state index in [1.54, 1.807) is 23.0 Å². The number of methoxy groups -OCH3 is 1. The predicted octanol–water partition coefficient (Wildman–Crippen LogP) is 2.69. The van der Waals surface area contributed by atoms with Gasteiger partial charge in [0.25, 0.3) is 0 Å². The van der Waals surface area contributed by atoms with Crippen molar-refractivity contribution in [3.63, 3.8) is 0 Å². The molecule has 110 valence electrons. The Morgan fingerprint density at radius 1 is 1.33 bits per heavy atom. The van der Waals surface area contributed by atoms with E-state index in [2.05, 4.69) is 27.5 Å². The molecule has 3 aromatic heterocycles. The van der Waals surface area contributed by atoms with Gasteiger partial charge in [0, 0.05) is 18.1 Å². The van der Waals surface area contributed by atoms with Crippen LogP contribution >= 0.6 is 11.3 Å². The Bertz CT molecular complexity index is 709. The maximum absolute atomic E-state index is 5.20. The maximum Gasteiger partial charge on any atom is 0.186 e. The van der Waals surface area contributed by atoms with Gasteiger partial charge in [0.2, 0.25) is 0 Å². The molecule has 7 heteroatoms. The molecular formula is C14H17N5OS. The molecule has 1 N–H and O–H groups in total. The number of nitrogens with one attached hydrogen (secondary N) is 1. The number of nitrogens with zero attached hydrogens (tertiary/aromatic N) is 4. The highest BCUT2D eigenvalue weighted by Gasteiger charge is 2.12. The van der Waals surface area contributed by atoms with Crippen molar-refractivity contribution in [2.75, 3.05) is 19.0 Å². The van der Waals surface area contributed by atoms with Crippen LogP contribution in [0.3, 0.4) is 0 Å². The SMILES string of the molecule is CCC(COC)Nc1ccc2nnc(-c3ccsc3)n2n1. The van der Waals surface area contributed by atoms with E-state index in [1.807, 2.05) is 29.0 Å². The summed E-state index contributed by atoms with van der Waals surface area (Å²) in [7, 11) is 1.70. The van der Waals surface area contributed by atoms with Gasteiger partial charge in [-0.05, 0) is 30.0 Å². The van der Waals surface area contributed by atoms with Crippen LogP contribution in [0, 0.1) is 0 Å². The molecule has 3 rings (SSSR count). The average Bonchev–Trinajstić information content (AvgIpc) is 3.15. The van der Waals surface area contributed by atoms with Gasteiger partial charge in [0.15, 0.2) is 11.5 Å². The Labute approximate surface area is 126 Å². The standard InChI is InChI=1S/C14H17N5OS/c1-3-11(8-20-2)15-12-4-5-13-16-17-14(19(13)18-12)10-6-7-21-9-10/h4-7,9,11H,3,8H2,1-2H3,(H,15,18). The molecule has 0 bridgehead atoms. The topological polar surface area (TPSA) is 64.3 Å². The van der Waals surface area contributed by atoms with Gasteiger partial charge in [0.05, 0.1) is 12.6 Å². The summed E-state index contributed by atoms with van der Waals surface area (Å²) < 4.78 is 6.97. The molecule has 3 aromatic rings. The molecule has 0 aliphatic rings. The second-order valence-corrected chi connectivity index (χ2v) is 5.51. The number of hydrogen-bond acceptors (Lipinski definition) is 6. The number of hydrogen-bond donors (Lipinski definition) is 1. The Balaban J connectivity index is 1.93. The summed E-state index contributed by atoms with van der Waals surface area (Å²) in [6, 6.07) is 6.08. The van der Waals surface area contributed by atoms with Crippen LogP contribution in [0.2, 0.25) is 0 Å². The molecule has 0 radical (unpaired) electrons. The minimum absolute atomic E-state index is 0.237. The van der Waals surface area contributed by atoms with Crippen LogP contribution in [0.4, 0.5) is 5.82 Å². The summed E-state index contributed by atoms with van der Waals surface area (Å²) in [5, 5.41) is 20.4. The van der Waals surface area contributed by atoms with E-state index in [-0.39, 0.29) is 6.04 Å². The summed E-state index contributed by atoms with van der Waals surface area (Å²) in [6.45, 7) is 2.76. The third kappa shape index (κ3) is 2.88. The van der Waals surface area contributed by atoms with E-state index in [0.29, 0.717) is 6.61 Å². The van der Waals surface area contributed by atoms with Gasteiger partial charge in [-0.1, -0.05) is 6.92 Å². The monoisotopic (exact) mass is 303 g/mol. The summed E-state index contributed by atoms with van der Waals surface area (Å²) in [5.74, 6) is 1.55. The first kappa shape index (κ1) is 14.0. The molecule has 6 nitrogen and oxygen atoms in total. The predicted molar refractivity (Wildman–Crippen MR) is 83.7 cm³/mol. The van der Waals surface area contributed by atoms with Crippen LogP contribution in [-0.4, -0.2) is 39.6 Å². The first-order chi connectivity index (χ1) is 10.3. The van der Waals surface area contributed by atoms with E-state index >= 15 is 0 Å². The van der Waals surface area contributed by atoms with Crippen molar-refractivity contribution in [2.45, 2.75) is 19.4 Å². The average molecular weight is 303 g/mol. The lowest BCUT2D eigenvalue weighted by Crippen LogP contribution is -2.24. The van der Waals surface area contributed by atoms with Gasteiger partial charge in [-0.25, -0.2) is 0 Å². The molecule has 0 fully saturated rings. The lowest BCUT2D eigenvalue weighted by atomic mass is 10.2. The van der Waals surface area contributed by atoms with Crippen LogP contribution in [0.25, 0.3) is 17.0 Å². The fourth-order valence-electron chi connectivity index (χ4n) is 2.11. The zero-order valence-corrected chi connectivity index (χ0v) is 12.8. The maximum atomic E-state index is 5.20. The second-order valence-electron chi connectivity index (χ2n) is 4.73. The third-order valence-corrected chi connectivity index (χ3v) is 3.94.